The van der Waals surface area contributed by atoms with E-state index < -0.39 is 51.1 Å². The van der Waals surface area contributed by atoms with Crippen LogP contribution in [0.25, 0.3) is 0 Å². The lowest BCUT2D eigenvalue weighted by atomic mass is 9.87. The second kappa shape index (κ2) is 11.7. The Hall–Kier alpha value is -2.20. The van der Waals surface area contributed by atoms with Crippen LogP contribution in [0, 0.1) is 0 Å². The molecule has 0 aliphatic carbocycles. The SMILES string of the molecule is C=CC(=O)OC(C)C(OC(=O)CCCCC)(C(C)OC(=O)C=C)C(C)S(=O)(=O)O. The molecule has 0 rings (SSSR count). The molecule has 0 fully saturated rings. The van der Waals surface area contributed by atoms with Crippen molar-refractivity contribution in [1.82, 2.24) is 0 Å². The average Bonchev–Trinajstić information content (AvgIpc) is 2.64. The van der Waals surface area contributed by atoms with Crippen LogP contribution in [0.4, 0.5) is 0 Å². The fraction of sp³-hybridized carbons (Fsp3) is 0.632. The first kappa shape index (κ1) is 26.8. The second-order valence-corrected chi connectivity index (χ2v) is 8.25. The van der Waals surface area contributed by atoms with E-state index in [1.807, 2.05) is 6.92 Å². The zero-order valence-electron chi connectivity index (χ0n) is 17.3. The number of carbonyl (C=O) groups excluding carboxylic acids is 3. The molecule has 0 spiro atoms. The van der Waals surface area contributed by atoms with Gasteiger partial charge < -0.3 is 14.2 Å². The number of rotatable bonds is 13. The predicted molar refractivity (Wildman–Crippen MR) is 105 cm³/mol. The molecule has 0 aromatic heterocycles. The van der Waals surface area contributed by atoms with Crippen LogP contribution in [-0.4, -0.2) is 53.9 Å². The van der Waals surface area contributed by atoms with Gasteiger partial charge in [-0.3, -0.25) is 9.35 Å². The minimum atomic E-state index is -4.82. The quantitative estimate of drug-likeness (QED) is 0.152. The van der Waals surface area contributed by atoms with Gasteiger partial charge in [0, 0.05) is 18.6 Å². The molecular weight excluding hydrogens is 404 g/mol. The molecule has 0 radical (unpaired) electrons. The molecular formula is C19H30O9S. The van der Waals surface area contributed by atoms with Gasteiger partial charge in [0.15, 0.2) is 0 Å². The number of unbranched alkanes of at least 4 members (excludes halogenated alkanes) is 2. The van der Waals surface area contributed by atoms with Crippen molar-refractivity contribution in [2.45, 2.75) is 76.4 Å². The van der Waals surface area contributed by atoms with Gasteiger partial charge >= 0.3 is 17.9 Å². The van der Waals surface area contributed by atoms with E-state index in [1.165, 1.54) is 13.8 Å². The fourth-order valence-corrected chi connectivity index (χ4v) is 3.77. The van der Waals surface area contributed by atoms with Crippen LogP contribution >= 0.6 is 0 Å². The van der Waals surface area contributed by atoms with Crippen molar-refractivity contribution in [1.29, 1.82) is 0 Å². The summed E-state index contributed by atoms with van der Waals surface area (Å²) in [5.74, 6) is -2.64. The van der Waals surface area contributed by atoms with Crippen molar-refractivity contribution in [3.63, 3.8) is 0 Å². The molecule has 3 unspecified atom stereocenters. The predicted octanol–water partition coefficient (Wildman–Crippen LogP) is 2.36. The van der Waals surface area contributed by atoms with Gasteiger partial charge in [-0.05, 0) is 27.2 Å². The summed E-state index contributed by atoms with van der Waals surface area (Å²) in [6.07, 6.45) is 0.829. The number of hydrogen-bond donors (Lipinski definition) is 1. The molecule has 9 nitrogen and oxygen atoms in total. The van der Waals surface area contributed by atoms with Crippen LogP contribution in [-0.2, 0) is 38.7 Å². The van der Waals surface area contributed by atoms with E-state index in [1.54, 1.807) is 0 Å². The highest BCUT2D eigenvalue weighted by Gasteiger charge is 2.57. The van der Waals surface area contributed by atoms with Crippen LogP contribution in [0.5, 0.6) is 0 Å². The van der Waals surface area contributed by atoms with E-state index in [0.717, 1.165) is 31.9 Å². The summed E-state index contributed by atoms with van der Waals surface area (Å²) in [6.45, 7) is 12.0. The Morgan fingerprint density at radius 1 is 1.00 bits per heavy atom. The monoisotopic (exact) mass is 434 g/mol. The van der Waals surface area contributed by atoms with Crippen molar-refractivity contribution in [3.05, 3.63) is 25.3 Å². The normalized spacial score (nSPS) is 16.4. The first-order valence-corrected chi connectivity index (χ1v) is 10.7. The molecule has 3 atom stereocenters. The molecule has 29 heavy (non-hydrogen) atoms. The molecule has 166 valence electrons. The van der Waals surface area contributed by atoms with Gasteiger partial charge in [0.25, 0.3) is 10.1 Å². The summed E-state index contributed by atoms with van der Waals surface area (Å²) in [6, 6.07) is 0. The van der Waals surface area contributed by atoms with Crippen molar-refractivity contribution in [2.75, 3.05) is 0 Å². The third-order valence-corrected chi connectivity index (χ3v) is 5.81. The lowest BCUT2D eigenvalue weighted by molar-refractivity contribution is -0.208. The van der Waals surface area contributed by atoms with E-state index in [0.29, 0.717) is 6.42 Å². The van der Waals surface area contributed by atoms with Crippen molar-refractivity contribution in [2.24, 2.45) is 0 Å². The fourth-order valence-electron chi connectivity index (χ4n) is 2.87. The van der Waals surface area contributed by atoms with E-state index >= 15 is 0 Å². The number of carbonyl (C=O) groups is 3. The van der Waals surface area contributed by atoms with Crippen molar-refractivity contribution >= 4 is 28.0 Å². The van der Waals surface area contributed by atoms with Gasteiger partial charge in [0.2, 0.25) is 5.60 Å². The molecule has 0 aliphatic rings. The lowest BCUT2D eigenvalue weighted by Gasteiger charge is -2.43. The molecule has 0 bridgehead atoms. The Balaban J connectivity index is 6.32. The van der Waals surface area contributed by atoms with E-state index in [9.17, 15) is 27.4 Å². The molecule has 0 aromatic rings. The minimum absolute atomic E-state index is 0.0436. The Bertz CT molecular complexity index is 683. The number of esters is 3. The largest absolute Gasteiger partial charge is 0.455 e. The average molecular weight is 435 g/mol. The summed E-state index contributed by atoms with van der Waals surface area (Å²) in [4.78, 5) is 35.9. The molecule has 0 amide bonds. The molecule has 0 saturated carbocycles. The van der Waals surface area contributed by atoms with Crippen LogP contribution < -0.4 is 0 Å². The maximum Gasteiger partial charge on any atom is 0.330 e. The zero-order chi connectivity index (χ0) is 22.8. The third-order valence-electron chi connectivity index (χ3n) is 4.55. The Labute approximate surface area is 171 Å². The Kier molecular flexibility index (Phi) is 10.8. The topological polar surface area (TPSA) is 133 Å². The molecule has 0 aromatic carbocycles. The smallest absolute Gasteiger partial charge is 0.330 e. The molecule has 0 aliphatic heterocycles. The van der Waals surface area contributed by atoms with Crippen molar-refractivity contribution < 1.29 is 41.6 Å². The van der Waals surface area contributed by atoms with Gasteiger partial charge in [0.05, 0.1) is 0 Å². The van der Waals surface area contributed by atoms with Gasteiger partial charge in [-0.15, -0.1) is 0 Å². The van der Waals surface area contributed by atoms with Crippen LogP contribution in [0.1, 0.15) is 53.4 Å². The molecule has 0 saturated heterocycles. The number of hydrogen-bond acceptors (Lipinski definition) is 8. The summed E-state index contributed by atoms with van der Waals surface area (Å²) in [7, 11) is -4.82. The minimum Gasteiger partial charge on any atom is -0.455 e. The van der Waals surface area contributed by atoms with E-state index in [4.69, 9.17) is 14.2 Å². The highest BCUT2D eigenvalue weighted by molar-refractivity contribution is 7.86. The van der Waals surface area contributed by atoms with Gasteiger partial charge in [-0.1, -0.05) is 32.9 Å². The maximum absolute atomic E-state index is 12.5. The standard InChI is InChI=1S/C19H30O9S/c1-7-10-11-12-18(22)28-19(15(6)29(23,24)25,13(4)26-16(20)8-2)14(5)27-17(21)9-3/h8-9,13-15H,2-3,7,10-12H2,1,4-6H3,(H,23,24,25). The van der Waals surface area contributed by atoms with Gasteiger partial charge in [-0.2, -0.15) is 8.42 Å². The summed E-state index contributed by atoms with van der Waals surface area (Å²) in [5, 5.41) is -1.80. The summed E-state index contributed by atoms with van der Waals surface area (Å²) in [5.41, 5.74) is -2.23. The highest BCUT2D eigenvalue weighted by atomic mass is 32.2. The first-order chi connectivity index (χ1) is 13.4. The molecule has 0 heterocycles. The van der Waals surface area contributed by atoms with Crippen LogP contribution in [0.15, 0.2) is 25.3 Å². The summed E-state index contributed by atoms with van der Waals surface area (Å²) < 4.78 is 49.4. The van der Waals surface area contributed by atoms with Gasteiger partial charge in [-0.25, -0.2) is 9.59 Å². The van der Waals surface area contributed by atoms with Gasteiger partial charge in [0.1, 0.15) is 17.5 Å². The molecule has 10 heteroatoms. The highest BCUT2D eigenvalue weighted by Crippen LogP contribution is 2.34. The maximum atomic E-state index is 12.5. The lowest BCUT2D eigenvalue weighted by Crippen LogP contribution is -2.64. The zero-order valence-corrected chi connectivity index (χ0v) is 18.1. The van der Waals surface area contributed by atoms with Crippen molar-refractivity contribution in [3.8, 4) is 0 Å². The number of ether oxygens (including phenoxy) is 3. The van der Waals surface area contributed by atoms with E-state index in [2.05, 4.69) is 13.2 Å². The van der Waals surface area contributed by atoms with E-state index in [-0.39, 0.29) is 6.42 Å². The summed E-state index contributed by atoms with van der Waals surface area (Å²) >= 11 is 0. The van der Waals surface area contributed by atoms with Crippen LogP contribution in [0.3, 0.4) is 0 Å². The third kappa shape index (κ3) is 7.62. The van der Waals surface area contributed by atoms with Crippen LogP contribution in [0.2, 0.25) is 0 Å². The first-order valence-electron chi connectivity index (χ1n) is 9.20. The Morgan fingerprint density at radius 3 is 1.79 bits per heavy atom. The molecule has 1 N–H and O–H groups in total. The second-order valence-electron chi connectivity index (χ2n) is 6.51. The Morgan fingerprint density at radius 2 is 1.45 bits per heavy atom.